The van der Waals surface area contributed by atoms with Gasteiger partial charge in [0.15, 0.2) is 6.61 Å². The number of benzene rings is 2. The van der Waals surface area contributed by atoms with Crippen LogP contribution in [0.1, 0.15) is 30.0 Å². The average molecular weight is 431 g/mol. The lowest BCUT2D eigenvalue weighted by molar-refractivity contribution is -0.134. The number of rotatable bonds is 7. The fourth-order valence-corrected chi connectivity index (χ4v) is 5.31. The van der Waals surface area contributed by atoms with Crippen LogP contribution in [0.2, 0.25) is 0 Å². The zero-order valence-electron chi connectivity index (χ0n) is 17.9. The molecule has 1 amide bonds. The Hall–Kier alpha value is -2.38. The molecule has 0 unspecified atom stereocenters. The number of nitrogens with zero attached hydrogens (tertiary/aromatic N) is 2. The smallest absolute Gasteiger partial charge is 0.260 e. The predicted molar refractivity (Wildman–Crippen MR) is 117 cm³/mol. The summed E-state index contributed by atoms with van der Waals surface area (Å²) in [5, 5.41) is 0. The number of sulfonamides is 1. The van der Waals surface area contributed by atoms with Crippen molar-refractivity contribution >= 4 is 15.9 Å². The first-order chi connectivity index (χ1) is 14.3. The molecule has 1 saturated heterocycles. The van der Waals surface area contributed by atoms with Crippen molar-refractivity contribution in [2.24, 2.45) is 0 Å². The first-order valence-corrected chi connectivity index (χ1v) is 11.8. The van der Waals surface area contributed by atoms with Gasteiger partial charge in [0.05, 0.1) is 4.90 Å². The van der Waals surface area contributed by atoms with Gasteiger partial charge in [-0.25, -0.2) is 8.42 Å². The summed E-state index contributed by atoms with van der Waals surface area (Å²) in [5.74, 6) is 0.538. The molecule has 0 spiro atoms. The van der Waals surface area contributed by atoms with Gasteiger partial charge < -0.3 is 9.64 Å². The summed E-state index contributed by atoms with van der Waals surface area (Å²) in [7, 11) is -3.56. The van der Waals surface area contributed by atoms with Crippen molar-refractivity contribution in [1.29, 1.82) is 0 Å². The molecule has 1 aliphatic rings. The second-order valence-corrected chi connectivity index (χ2v) is 9.64. The normalized spacial score (nSPS) is 15.2. The van der Waals surface area contributed by atoms with Gasteiger partial charge in [0.25, 0.3) is 5.91 Å². The van der Waals surface area contributed by atoms with Crippen molar-refractivity contribution in [3.63, 3.8) is 0 Å². The lowest BCUT2D eigenvalue weighted by Gasteiger charge is -2.34. The van der Waals surface area contributed by atoms with Gasteiger partial charge in [-0.1, -0.05) is 37.6 Å². The molecule has 0 saturated carbocycles. The molecule has 1 fully saturated rings. The minimum atomic E-state index is -3.56. The molecule has 0 aliphatic carbocycles. The highest BCUT2D eigenvalue weighted by Gasteiger charge is 2.31. The average Bonchev–Trinajstić information content (AvgIpc) is 2.75. The van der Waals surface area contributed by atoms with E-state index in [1.54, 1.807) is 17.9 Å². The van der Waals surface area contributed by atoms with Crippen molar-refractivity contribution in [2.75, 3.05) is 32.8 Å². The quantitative estimate of drug-likeness (QED) is 0.677. The van der Waals surface area contributed by atoms with E-state index < -0.39 is 10.0 Å². The van der Waals surface area contributed by atoms with E-state index in [0.29, 0.717) is 23.7 Å². The van der Waals surface area contributed by atoms with Crippen LogP contribution in [0.3, 0.4) is 0 Å². The van der Waals surface area contributed by atoms with Gasteiger partial charge in [-0.05, 0) is 55.2 Å². The number of hydrogen-bond acceptors (Lipinski definition) is 4. The highest BCUT2D eigenvalue weighted by molar-refractivity contribution is 7.89. The lowest BCUT2D eigenvalue weighted by Crippen LogP contribution is -2.51. The van der Waals surface area contributed by atoms with E-state index in [-0.39, 0.29) is 25.6 Å². The molecule has 3 rings (SSSR count). The van der Waals surface area contributed by atoms with Gasteiger partial charge in [-0.3, -0.25) is 4.79 Å². The molecule has 2 aromatic carbocycles. The number of carbonyl (C=O) groups excluding carboxylic acids is 1. The number of hydrogen-bond donors (Lipinski definition) is 0. The molecule has 0 atom stereocenters. The minimum Gasteiger partial charge on any atom is -0.484 e. The van der Waals surface area contributed by atoms with Crippen molar-refractivity contribution in [2.45, 2.75) is 38.5 Å². The van der Waals surface area contributed by atoms with Gasteiger partial charge in [-0.15, -0.1) is 0 Å². The summed E-state index contributed by atoms with van der Waals surface area (Å²) in [4.78, 5) is 14.5. The molecular weight excluding hydrogens is 400 g/mol. The fourth-order valence-electron chi connectivity index (χ4n) is 3.58. The van der Waals surface area contributed by atoms with Crippen molar-refractivity contribution in [3.05, 3.63) is 59.2 Å². The third-order valence-electron chi connectivity index (χ3n) is 5.38. The molecule has 6 nitrogen and oxygen atoms in total. The van der Waals surface area contributed by atoms with E-state index in [9.17, 15) is 13.2 Å². The van der Waals surface area contributed by atoms with Gasteiger partial charge in [0.1, 0.15) is 5.75 Å². The fraction of sp³-hybridized carbons (Fsp3) is 0.435. The predicted octanol–water partition coefficient (Wildman–Crippen LogP) is 3.17. The van der Waals surface area contributed by atoms with E-state index in [1.807, 2.05) is 43.3 Å². The van der Waals surface area contributed by atoms with Crippen molar-refractivity contribution in [1.82, 2.24) is 9.21 Å². The Labute approximate surface area is 179 Å². The highest BCUT2D eigenvalue weighted by Crippen LogP contribution is 2.22. The maximum Gasteiger partial charge on any atom is 0.260 e. The Morgan fingerprint density at radius 3 is 2.30 bits per heavy atom. The molecule has 162 valence electrons. The Morgan fingerprint density at radius 1 is 1.00 bits per heavy atom. The van der Waals surface area contributed by atoms with Crippen LogP contribution >= 0.6 is 0 Å². The zero-order chi connectivity index (χ0) is 21.7. The third kappa shape index (κ3) is 5.21. The van der Waals surface area contributed by atoms with Gasteiger partial charge in [0.2, 0.25) is 10.0 Å². The summed E-state index contributed by atoms with van der Waals surface area (Å²) in [6, 6.07) is 13.2. The van der Waals surface area contributed by atoms with E-state index in [1.165, 1.54) is 9.87 Å². The molecule has 0 N–H and O–H groups in total. The summed E-state index contributed by atoms with van der Waals surface area (Å²) in [5.41, 5.74) is 2.89. The van der Waals surface area contributed by atoms with Crippen LogP contribution in [0.4, 0.5) is 0 Å². The van der Waals surface area contributed by atoms with Crippen LogP contribution in [0.15, 0.2) is 47.4 Å². The molecule has 2 aromatic rings. The molecule has 1 aliphatic heterocycles. The van der Waals surface area contributed by atoms with E-state index in [0.717, 1.165) is 24.0 Å². The molecule has 7 heteroatoms. The van der Waals surface area contributed by atoms with Crippen LogP contribution in [0.25, 0.3) is 0 Å². The zero-order valence-corrected chi connectivity index (χ0v) is 18.7. The second-order valence-electron chi connectivity index (χ2n) is 7.74. The van der Waals surface area contributed by atoms with Crippen LogP contribution in [-0.4, -0.2) is 56.3 Å². The molecule has 30 heavy (non-hydrogen) atoms. The maximum absolute atomic E-state index is 13.0. The highest BCUT2D eigenvalue weighted by atomic mass is 32.2. The van der Waals surface area contributed by atoms with Crippen LogP contribution in [0.5, 0.6) is 5.75 Å². The first-order valence-electron chi connectivity index (χ1n) is 10.4. The Morgan fingerprint density at radius 2 is 1.67 bits per heavy atom. The van der Waals surface area contributed by atoms with Crippen LogP contribution in [0, 0.1) is 13.8 Å². The number of carbonyl (C=O) groups is 1. The molecule has 0 aromatic heterocycles. The Kier molecular flexibility index (Phi) is 7.15. The number of aryl methyl sites for hydroxylation is 3. The number of piperazine rings is 1. The van der Waals surface area contributed by atoms with Crippen molar-refractivity contribution < 1.29 is 17.9 Å². The number of amides is 1. The van der Waals surface area contributed by atoms with E-state index in [2.05, 4.69) is 6.92 Å². The largest absolute Gasteiger partial charge is 0.484 e. The summed E-state index contributed by atoms with van der Waals surface area (Å²) >= 11 is 0. The van der Waals surface area contributed by atoms with Gasteiger partial charge in [-0.2, -0.15) is 4.31 Å². The topological polar surface area (TPSA) is 66.9 Å². The molecule has 1 heterocycles. The third-order valence-corrected chi connectivity index (χ3v) is 7.42. The van der Waals surface area contributed by atoms with Gasteiger partial charge >= 0.3 is 0 Å². The standard InChI is InChI=1S/C23H30N2O4S/c1-4-5-20-8-10-21(11-9-20)29-17-23(26)24-12-14-25(15-13-24)30(27,28)22-16-18(2)6-7-19(22)3/h6-11,16H,4-5,12-15,17H2,1-3H3. The van der Waals surface area contributed by atoms with Crippen LogP contribution in [-0.2, 0) is 21.2 Å². The SMILES string of the molecule is CCCc1ccc(OCC(=O)N2CCN(S(=O)(=O)c3cc(C)ccc3C)CC2)cc1. The molecule has 0 bridgehead atoms. The summed E-state index contributed by atoms with van der Waals surface area (Å²) < 4.78 is 33.1. The molecular formula is C23H30N2O4S. The molecule has 0 radical (unpaired) electrons. The van der Waals surface area contributed by atoms with Crippen LogP contribution < -0.4 is 4.74 Å². The van der Waals surface area contributed by atoms with E-state index in [4.69, 9.17) is 4.74 Å². The second kappa shape index (κ2) is 9.62. The monoisotopic (exact) mass is 430 g/mol. The lowest BCUT2D eigenvalue weighted by atomic mass is 10.1. The summed E-state index contributed by atoms with van der Waals surface area (Å²) in [6.45, 7) is 7.07. The van der Waals surface area contributed by atoms with Gasteiger partial charge in [0, 0.05) is 26.2 Å². The minimum absolute atomic E-state index is 0.0448. The first kappa shape index (κ1) is 22.3. The van der Waals surface area contributed by atoms with Crippen molar-refractivity contribution in [3.8, 4) is 5.75 Å². The van der Waals surface area contributed by atoms with E-state index >= 15 is 0 Å². The number of ether oxygens (including phenoxy) is 1. The maximum atomic E-state index is 13.0. The Balaban J connectivity index is 1.54. The summed E-state index contributed by atoms with van der Waals surface area (Å²) in [6.07, 6.45) is 2.11. The Bertz CT molecular complexity index is 979.